The molecule has 0 unspecified atom stereocenters. The Kier molecular flexibility index (Phi) is 5.57. The van der Waals surface area contributed by atoms with E-state index >= 15 is 0 Å². The molecule has 2 bridgehead atoms. The Morgan fingerprint density at radius 2 is 1.64 bits per heavy atom. The number of hydrogen-bond donors (Lipinski definition) is 2. The van der Waals surface area contributed by atoms with Gasteiger partial charge in [0.1, 0.15) is 5.82 Å². The number of hydrogen-bond acceptors (Lipinski definition) is 2. The molecule has 2 N–H and O–H groups in total. The summed E-state index contributed by atoms with van der Waals surface area (Å²) in [6, 6.07) is 16.5. The number of anilines is 1. The van der Waals surface area contributed by atoms with Crippen LogP contribution in [-0.4, -0.2) is 34.0 Å². The summed E-state index contributed by atoms with van der Waals surface area (Å²) in [4.78, 5) is 14.9. The summed E-state index contributed by atoms with van der Waals surface area (Å²) in [6.07, 6.45) is 5.10. The number of benzene rings is 2. The van der Waals surface area contributed by atoms with Crippen LogP contribution in [0.1, 0.15) is 42.5 Å². The van der Waals surface area contributed by atoms with Crippen molar-refractivity contribution in [1.82, 2.24) is 10.2 Å². The standard InChI is InChI=1S/C22H24FN3OS/c23-16-11-9-15(10-12-16)21(27)24-18-13-19-7-4-8-20(14-18)26(19)22(28)25-17-5-2-1-3-6-17/h1-3,5-6,9-12,18-20H,4,7-8,13-14H2,(H,24,27)(H,25,28)/t19-,20-/m0/s1. The lowest BCUT2D eigenvalue weighted by Crippen LogP contribution is -2.59. The highest BCUT2D eigenvalue weighted by Gasteiger charge is 2.40. The molecule has 0 aromatic heterocycles. The summed E-state index contributed by atoms with van der Waals surface area (Å²) in [5.74, 6) is -0.472. The molecule has 6 heteroatoms. The molecule has 0 spiro atoms. The SMILES string of the molecule is O=C(NC1C[C@@H]2CCC[C@@H](C1)N2C(=S)Nc1ccccc1)c1ccc(F)cc1. The van der Waals surface area contributed by atoms with Gasteiger partial charge in [-0.3, -0.25) is 4.79 Å². The summed E-state index contributed by atoms with van der Waals surface area (Å²) in [5.41, 5.74) is 1.49. The van der Waals surface area contributed by atoms with Crippen molar-refractivity contribution >= 4 is 28.9 Å². The molecule has 2 saturated heterocycles. The predicted molar refractivity (Wildman–Crippen MR) is 113 cm³/mol. The van der Waals surface area contributed by atoms with Crippen LogP contribution >= 0.6 is 12.2 Å². The van der Waals surface area contributed by atoms with Crippen LogP contribution in [0, 0.1) is 5.82 Å². The van der Waals surface area contributed by atoms with Crippen LogP contribution < -0.4 is 10.6 Å². The number of amides is 1. The Labute approximate surface area is 170 Å². The molecular formula is C22H24FN3OS. The van der Waals surface area contributed by atoms with Gasteiger partial charge in [0.2, 0.25) is 0 Å². The van der Waals surface area contributed by atoms with Crippen molar-refractivity contribution in [1.29, 1.82) is 0 Å². The molecular weight excluding hydrogens is 373 g/mol. The maximum Gasteiger partial charge on any atom is 0.251 e. The van der Waals surface area contributed by atoms with E-state index in [0.29, 0.717) is 17.6 Å². The summed E-state index contributed by atoms with van der Waals surface area (Å²) in [5, 5.41) is 7.27. The second-order valence-corrected chi connectivity index (χ2v) is 7.98. The minimum Gasteiger partial charge on any atom is -0.349 e. The van der Waals surface area contributed by atoms with Crippen LogP contribution in [0.25, 0.3) is 0 Å². The second-order valence-electron chi connectivity index (χ2n) is 7.59. The van der Waals surface area contributed by atoms with Gasteiger partial charge in [-0.2, -0.15) is 0 Å². The number of nitrogens with one attached hydrogen (secondary N) is 2. The third kappa shape index (κ3) is 4.17. The highest BCUT2D eigenvalue weighted by Crippen LogP contribution is 2.34. The lowest BCUT2D eigenvalue weighted by Gasteiger charge is -2.50. The first-order valence-electron chi connectivity index (χ1n) is 9.81. The largest absolute Gasteiger partial charge is 0.349 e. The summed E-state index contributed by atoms with van der Waals surface area (Å²) in [6.45, 7) is 0. The van der Waals surface area contributed by atoms with E-state index in [1.54, 1.807) is 0 Å². The fourth-order valence-electron chi connectivity index (χ4n) is 4.41. The number of fused-ring (bicyclic) bond motifs is 2. The van der Waals surface area contributed by atoms with Gasteiger partial charge in [0.05, 0.1) is 0 Å². The molecule has 4 nitrogen and oxygen atoms in total. The maximum absolute atomic E-state index is 13.1. The Morgan fingerprint density at radius 1 is 1.00 bits per heavy atom. The van der Waals surface area contributed by atoms with E-state index in [2.05, 4.69) is 15.5 Å². The Bertz CT molecular complexity index is 829. The van der Waals surface area contributed by atoms with Gasteiger partial charge < -0.3 is 15.5 Å². The van der Waals surface area contributed by atoms with Crippen LogP contribution in [0.15, 0.2) is 54.6 Å². The van der Waals surface area contributed by atoms with E-state index in [1.807, 2.05) is 30.3 Å². The van der Waals surface area contributed by atoms with Crippen molar-refractivity contribution < 1.29 is 9.18 Å². The number of para-hydroxylation sites is 1. The van der Waals surface area contributed by atoms with Crippen LogP contribution in [0.3, 0.4) is 0 Å². The molecule has 2 aromatic carbocycles. The average molecular weight is 398 g/mol. The van der Waals surface area contributed by atoms with Gasteiger partial charge in [-0.25, -0.2) is 4.39 Å². The lowest BCUT2D eigenvalue weighted by molar-refractivity contribution is 0.0755. The molecule has 0 saturated carbocycles. The van der Waals surface area contributed by atoms with Gasteiger partial charge in [-0.15, -0.1) is 0 Å². The van der Waals surface area contributed by atoms with Crippen LogP contribution in [0.2, 0.25) is 0 Å². The normalized spacial score (nSPS) is 23.8. The summed E-state index contributed by atoms with van der Waals surface area (Å²) in [7, 11) is 0. The predicted octanol–water partition coefficient (Wildman–Crippen LogP) is 4.34. The molecule has 2 aromatic rings. The fraction of sp³-hybridized carbons (Fsp3) is 0.364. The Balaban J connectivity index is 1.41. The van der Waals surface area contributed by atoms with Crippen molar-refractivity contribution in [2.24, 2.45) is 0 Å². The maximum atomic E-state index is 13.1. The molecule has 2 atom stereocenters. The van der Waals surface area contributed by atoms with E-state index in [1.165, 1.54) is 30.7 Å². The first-order valence-corrected chi connectivity index (χ1v) is 10.2. The van der Waals surface area contributed by atoms with Crippen molar-refractivity contribution in [3.63, 3.8) is 0 Å². The zero-order valence-electron chi connectivity index (χ0n) is 15.6. The van der Waals surface area contributed by atoms with Crippen molar-refractivity contribution in [3.05, 3.63) is 66.0 Å². The van der Waals surface area contributed by atoms with Crippen molar-refractivity contribution in [2.45, 2.75) is 50.2 Å². The van der Waals surface area contributed by atoms with Crippen LogP contribution in [0.5, 0.6) is 0 Å². The number of thiocarbonyl (C=S) groups is 1. The average Bonchev–Trinajstić information content (AvgIpc) is 2.68. The first kappa shape index (κ1) is 18.9. The minimum atomic E-state index is -0.334. The number of carbonyl (C=O) groups is 1. The summed E-state index contributed by atoms with van der Waals surface area (Å²) >= 11 is 5.72. The molecule has 4 rings (SSSR count). The molecule has 28 heavy (non-hydrogen) atoms. The zero-order chi connectivity index (χ0) is 19.5. The number of carbonyl (C=O) groups excluding carboxylic acids is 1. The topological polar surface area (TPSA) is 44.4 Å². The highest BCUT2D eigenvalue weighted by atomic mass is 32.1. The van der Waals surface area contributed by atoms with Crippen LogP contribution in [-0.2, 0) is 0 Å². The third-order valence-electron chi connectivity index (χ3n) is 5.68. The molecule has 2 heterocycles. The van der Waals surface area contributed by atoms with E-state index in [4.69, 9.17) is 12.2 Å². The molecule has 0 radical (unpaired) electrons. The molecule has 2 fully saturated rings. The van der Waals surface area contributed by atoms with Gasteiger partial charge in [0, 0.05) is 29.4 Å². The number of piperidine rings is 2. The molecule has 146 valence electrons. The van der Waals surface area contributed by atoms with E-state index in [9.17, 15) is 9.18 Å². The quantitative estimate of drug-likeness (QED) is 0.757. The first-order chi connectivity index (χ1) is 13.6. The number of rotatable bonds is 3. The fourth-order valence-corrected chi connectivity index (χ4v) is 4.83. The zero-order valence-corrected chi connectivity index (χ0v) is 16.4. The third-order valence-corrected chi connectivity index (χ3v) is 5.99. The Hall–Kier alpha value is -2.47. The smallest absolute Gasteiger partial charge is 0.251 e. The Morgan fingerprint density at radius 3 is 2.29 bits per heavy atom. The van der Waals surface area contributed by atoms with Crippen molar-refractivity contribution in [3.8, 4) is 0 Å². The van der Waals surface area contributed by atoms with Gasteiger partial charge in [-0.1, -0.05) is 18.2 Å². The van der Waals surface area contributed by atoms with Gasteiger partial charge in [0.25, 0.3) is 5.91 Å². The molecule has 2 aliphatic rings. The second kappa shape index (κ2) is 8.27. The van der Waals surface area contributed by atoms with Crippen molar-refractivity contribution in [2.75, 3.05) is 5.32 Å². The monoisotopic (exact) mass is 397 g/mol. The van der Waals surface area contributed by atoms with Gasteiger partial charge in [0.15, 0.2) is 5.11 Å². The van der Waals surface area contributed by atoms with Gasteiger partial charge >= 0.3 is 0 Å². The van der Waals surface area contributed by atoms with E-state index in [0.717, 1.165) is 36.5 Å². The molecule has 1 amide bonds. The van der Waals surface area contributed by atoms with Crippen LogP contribution in [0.4, 0.5) is 10.1 Å². The summed E-state index contributed by atoms with van der Waals surface area (Å²) < 4.78 is 13.1. The number of nitrogens with zero attached hydrogens (tertiary/aromatic N) is 1. The number of halogens is 1. The van der Waals surface area contributed by atoms with Gasteiger partial charge in [-0.05, 0) is 80.7 Å². The molecule has 2 aliphatic heterocycles. The minimum absolute atomic E-state index is 0.114. The lowest BCUT2D eigenvalue weighted by atomic mass is 9.82. The molecule has 0 aliphatic carbocycles. The van der Waals surface area contributed by atoms with E-state index < -0.39 is 0 Å². The van der Waals surface area contributed by atoms with E-state index in [-0.39, 0.29) is 17.8 Å². The highest BCUT2D eigenvalue weighted by molar-refractivity contribution is 7.80.